The van der Waals surface area contributed by atoms with Crippen molar-refractivity contribution in [3.63, 3.8) is 0 Å². The van der Waals surface area contributed by atoms with Gasteiger partial charge in [0.1, 0.15) is 11.4 Å². The van der Waals surface area contributed by atoms with E-state index >= 15 is 4.39 Å². The van der Waals surface area contributed by atoms with Crippen LogP contribution in [-0.4, -0.2) is 17.5 Å². The summed E-state index contributed by atoms with van der Waals surface area (Å²) in [6, 6.07) is 5.71. The molecule has 8 heteroatoms. The molecule has 1 amide bonds. The van der Waals surface area contributed by atoms with Crippen LogP contribution >= 0.6 is 23.2 Å². The maximum Gasteiger partial charge on any atom is 0.262 e. The Morgan fingerprint density at radius 2 is 2.04 bits per heavy atom. The summed E-state index contributed by atoms with van der Waals surface area (Å²) in [5, 5.41) is 2.31. The highest BCUT2D eigenvalue weighted by atomic mass is 35.5. The number of nitrogens with zero attached hydrogens (tertiary/aromatic N) is 1. The highest BCUT2D eigenvalue weighted by molar-refractivity contribution is 6.42. The number of nitrogens with one attached hydrogen (secondary N) is 1. The number of hydrogen-bond acceptors (Lipinski definition) is 3. The number of rotatable bonds is 3. The summed E-state index contributed by atoms with van der Waals surface area (Å²) in [7, 11) is 0. The summed E-state index contributed by atoms with van der Waals surface area (Å²) in [5.74, 6) is -1.45. The van der Waals surface area contributed by atoms with Crippen molar-refractivity contribution in [1.29, 1.82) is 0 Å². The summed E-state index contributed by atoms with van der Waals surface area (Å²) in [6.45, 7) is 0.416. The molecule has 136 valence electrons. The summed E-state index contributed by atoms with van der Waals surface area (Å²) in [5.41, 5.74) is -1.66. The highest BCUT2D eigenvalue weighted by Crippen LogP contribution is 2.53. The van der Waals surface area contributed by atoms with Crippen molar-refractivity contribution >= 4 is 29.1 Å². The number of carbonyl (C=O) groups is 1. The number of amides is 1. The molecular formula is C18H14Cl2F2N2O2. The van der Waals surface area contributed by atoms with Gasteiger partial charge in [-0.1, -0.05) is 35.3 Å². The van der Waals surface area contributed by atoms with Crippen LogP contribution in [0, 0.1) is 5.82 Å². The minimum absolute atomic E-state index is 0.00378. The molecule has 0 bridgehead atoms. The number of pyridine rings is 1. The number of alkyl halides is 1. The third-order valence-electron chi connectivity index (χ3n) is 4.95. The second-order valence-corrected chi connectivity index (χ2v) is 7.26. The number of fused-ring (bicyclic) bond motifs is 2. The molecule has 1 aliphatic carbocycles. The first-order valence-corrected chi connectivity index (χ1v) is 8.82. The van der Waals surface area contributed by atoms with Crippen LogP contribution in [0.5, 0.6) is 0 Å². The van der Waals surface area contributed by atoms with Crippen LogP contribution in [0.2, 0.25) is 10.0 Å². The molecule has 1 saturated heterocycles. The van der Waals surface area contributed by atoms with E-state index in [2.05, 4.69) is 10.3 Å². The third-order valence-corrected chi connectivity index (χ3v) is 5.84. The number of hydrogen-bond donors (Lipinski definition) is 1. The summed E-state index contributed by atoms with van der Waals surface area (Å²) < 4.78 is 34.5. The molecule has 0 unspecified atom stereocenters. The summed E-state index contributed by atoms with van der Waals surface area (Å²) in [4.78, 5) is 16.9. The van der Waals surface area contributed by atoms with Gasteiger partial charge < -0.3 is 10.1 Å². The van der Waals surface area contributed by atoms with Crippen molar-refractivity contribution < 1.29 is 18.3 Å². The van der Waals surface area contributed by atoms with Gasteiger partial charge in [-0.3, -0.25) is 9.78 Å². The molecule has 2 atom stereocenters. The van der Waals surface area contributed by atoms with E-state index in [0.717, 1.165) is 6.07 Å². The Hall–Kier alpha value is -1.76. The normalized spacial score (nSPS) is 26.5. The van der Waals surface area contributed by atoms with E-state index < -0.39 is 23.0 Å². The van der Waals surface area contributed by atoms with Crippen LogP contribution in [-0.2, 0) is 27.3 Å². The number of halogens is 4. The maximum absolute atomic E-state index is 15.6. The number of ether oxygens (including phenoxy) is 1. The van der Waals surface area contributed by atoms with E-state index in [-0.39, 0.29) is 28.6 Å². The fourth-order valence-corrected chi connectivity index (χ4v) is 3.74. The first kappa shape index (κ1) is 17.6. The van der Waals surface area contributed by atoms with E-state index in [9.17, 15) is 9.18 Å². The van der Waals surface area contributed by atoms with E-state index in [4.69, 9.17) is 27.9 Å². The van der Waals surface area contributed by atoms with Gasteiger partial charge in [0.25, 0.3) is 5.91 Å². The fraction of sp³-hybridized carbons (Fsp3) is 0.333. The molecule has 1 fully saturated rings. The quantitative estimate of drug-likeness (QED) is 0.627. The minimum atomic E-state index is -2.21. The van der Waals surface area contributed by atoms with Gasteiger partial charge in [0.2, 0.25) is 5.67 Å². The lowest BCUT2D eigenvalue weighted by molar-refractivity contribution is -0.135. The van der Waals surface area contributed by atoms with Crippen LogP contribution < -0.4 is 5.32 Å². The SMILES string of the molecule is O=C(NCc1ccc(F)c(Cl)c1Cl)[C@]1(F)CC[C@@]2(CO2)c2ncccc21. The van der Waals surface area contributed by atoms with Gasteiger partial charge in [0.05, 0.1) is 22.3 Å². The third kappa shape index (κ3) is 2.68. The Kier molecular flexibility index (Phi) is 4.17. The molecule has 1 aromatic carbocycles. The molecule has 1 N–H and O–H groups in total. The van der Waals surface area contributed by atoms with Gasteiger partial charge in [-0.05, 0) is 30.5 Å². The number of aromatic nitrogens is 1. The van der Waals surface area contributed by atoms with Crippen molar-refractivity contribution in [3.8, 4) is 0 Å². The van der Waals surface area contributed by atoms with Crippen molar-refractivity contribution in [2.75, 3.05) is 6.61 Å². The minimum Gasteiger partial charge on any atom is -0.363 e. The smallest absolute Gasteiger partial charge is 0.262 e. The molecule has 1 spiro atoms. The predicted octanol–water partition coefficient (Wildman–Crippen LogP) is 4.03. The Morgan fingerprint density at radius 3 is 2.77 bits per heavy atom. The molecule has 2 aliphatic rings. The van der Waals surface area contributed by atoms with Crippen molar-refractivity contribution in [3.05, 3.63) is 63.1 Å². The van der Waals surface area contributed by atoms with Crippen LogP contribution in [0.1, 0.15) is 29.7 Å². The molecule has 1 aliphatic heterocycles. The first-order valence-electron chi connectivity index (χ1n) is 8.07. The topological polar surface area (TPSA) is 54.5 Å². The van der Waals surface area contributed by atoms with Crippen LogP contribution in [0.25, 0.3) is 0 Å². The van der Waals surface area contributed by atoms with Crippen molar-refractivity contribution in [2.24, 2.45) is 0 Å². The zero-order valence-electron chi connectivity index (χ0n) is 13.5. The lowest BCUT2D eigenvalue weighted by atomic mass is 9.77. The number of epoxide rings is 1. The second kappa shape index (κ2) is 6.15. The van der Waals surface area contributed by atoms with Crippen molar-refractivity contribution in [2.45, 2.75) is 30.7 Å². The second-order valence-electron chi connectivity index (χ2n) is 6.50. The van der Waals surface area contributed by atoms with Crippen LogP contribution in [0.4, 0.5) is 8.78 Å². The van der Waals surface area contributed by atoms with E-state index in [0.29, 0.717) is 24.3 Å². The molecule has 4 rings (SSSR count). The van der Waals surface area contributed by atoms with Crippen LogP contribution in [0.15, 0.2) is 30.5 Å². The molecule has 2 aromatic rings. The Labute approximate surface area is 158 Å². The van der Waals surface area contributed by atoms with Gasteiger partial charge in [-0.25, -0.2) is 8.78 Å². The predicted molar refractivity (Wildman–Crippen MR) is 92.2 cm³/mol. The van der Waals surface area contributed by atoms with Crippen molar-refractivity contribution in [1.82, 2.24) is 10.3 Å². The zero-order valence-corrected chi connectivity index (χ0v) is 15.0. The van der Waals surface area contributed by atoms with Gasteiger partial charge in [-0.2, -0.15) is 0 Å². The van der Waals surface area contributed by atoms with Gasteiger partial charge >= 0.3 is 0 Å². The molecule has 1 aromatic heterocycles. The summed E-state index contributed by atoms with van der Waals surface area (Å²) in [6.07, 6.45) is 1.94. The monoisotopic (exact) mass is 398 g/mol. The largest absolute Gasteiger partial charge is 0.363 e. The van der Waals surface area contributed by atoms with Gasteiger partial charge in [-0.15, -0.1) is 0 Å². The molecule has 0 saturated carbocycles. The van der Waals surface area contributed by atoms with Crippen LogP contribution in [0.3, 0.4) is 0 Å². The number of benzene rings is 1. The van der Waals surface area contributed by atoms with Gasteiger partial charge in [0.15, 0.2) is 0 Å². The lowest BCUT2D eigenvalue weighted by Crippen LogP contribution is -2.45. The van der Waals surface area contributed by atoms with Gasteiger partial charge in [0, 0.05) is 18.3 Å². The fourth-order valence-electron chi connectivity index (χ4n) is 3.34. The van der Waals surface area contributed by atoms with E-state index in [1.165, 1.54) is 6.07 Å². The maximum atomic E-state index is 15.6. The average molecular weight is 399 g/mol. The van der Waals surface area contributed by atoms with E-state index in [1.54, 1.807) is 18.3 Å². The molecule has 26 heavy (non-hydrogen) atoms. The molecule has 4 nitrogen and oxygen atoms in total. The Bertz CT molecular complexity index is 905. The lowest BCUT2D eigenvalue weighted by Gasteiger charge is -2.33. The molecule has 2 heterocycles. The molecule has 0 radical (unpaired) electrons. The standard InChI is InChI=1S/C18H14Cl2F2N2O2/c19-13-10(3-4-12(21)14(13)20)8-24-16(25)18(22)6-5-17(9-26-17)15-11(18)2-1-7-23-15/h1-4,7H,5-6,8-9H2,(H,24,25)/t17-,18+/m1/s1. The average Bonchev–Trinajstić information content (AvgIpc) is 3.43. The Morgan fingerprint density at radius 1 is 1.27 bits per heavy atom. The highest BCUT2D eigenvalue weighted by Gasteiger charge is 2.58. The molecular weight excluding hydrogens is 385 g/mol. The Balaban J connectivity index is 1.58. The summed E-state index contributed by atoms with van der Waals surface area (Å²) >= 11 is 11.7. The zero-order chi connectivity index (χ0) is 18.5. The number of carbonyl (C=O) groups excluding carboxylic acids is 1. The van der Waals surface area contributed by atoms with E-state index in [1.807, 2.05) is 0 Å². The first-order chi connectivity index (χ1) is 12.4.